The van der Waals surface area contributed by atoms with Gasteiger partial charge in [0, 0.05) is 17.8 Å². The maximum atomic E-state index is 12.9. The van der Waals surface area contributed by atoms with Crippen LogP contribution in [0.25, 0.3) is 16.0 Å². The lowest BCUT2D eigenvalue weighted by molar-refractivity contribution is -0.144. The molecule has 31 heavy (non-hydrogen) atoms. The Labute approximate surface area is 179 Å². The molecule has 0 spiro atoms. The van der Waals surface area contributed by atoms with Crippen LogP contribution >= 0.6 is 11.3 Å². The SMILES string of the molecule is CCc1ccc2nc(NC(=O)CCc3c(C)nc4nc(C(F)(F)F)nn4c3C)sc2c1. The number of thiazole rings is 1. The summed E-state index contributed by atoms with van der Waals surface area (Å²) in [5, 5.41) is 6.85. The molecule has 1 aromatic carbocycles. The van der Waals surface area contributed by atoms with Crippen molar-refractivity contribution in [2.45, 2.75) is 46.2 Å². The summed E-state index contributed by atoms with van der Waals surface area (Å²) in [5.41, 5.74) is 3.68. The van der Waals surface area contributed by atoms with Gasteiger partial charge in [0.15, 0.2) is 5.13 Å². The molecule has 0 unspecified atom stereocenters. The molecule has 3 aromatic heterocycles. The van der Waals surface area contributed by atoms with Gasteiger partial charge in [-0.15, -0.1) is 5.10 Å². The summed E-state index contributed by atoms with van der Waals surface area (Å²) in [6.45, 7) is 5.40. The lowest BCUT2D eigenvalue weighted by Gasteiger charge is -2.10. The van der Waals surface area contributed by atoms with Crippen LogP contribution in [0.5, 0.6) is 0 Å². The van der Waals surface area contributed by atoms with Crippen molar-refractivity contribution in [2.24, 2.45) is 0 Å². The Morgan fingerprint density at radius 3 is 2.68 bits per heavy atom. The molecule has 3 heterocycles. The first-order chi connectivity index (χ1) is 14.7. The number of carbonyl (C=O) groups is 1. The molecule has 0 fully saturated rings. The van der Waals surface area contributed by atoms with Gasteiger partial charge in [0.1, 0.15) is 0 Å². The normalized spacial score (nSPS) is 12.1. The number of aryl methyl sites for hydroxylation is 3. The van der Waals surface area contributed by atoms with Gasteiger partial charge in [-0.25, -0.2) is 14.5 Å². The monoisotopic (exact) mass is 448 g/mol. The lowest BCUT2D eigenvalue weighted by atomic mass is 10.1. The minimum absolute atomic E-state index is 0.114. The number of hydrogen-bond donors (Lipinski definition) is 1. The molecule has 0 aliphatic heterocycles. The number of alkyl halides is 3. The highest BCUT2D eigenvalue weighted by Gasteiger charge is 2.37. The van der Waals surface area contributed by atoms with E-state index in [1.165, 1.54) is 16.9 Å². The van der Waals surface area contributed by atoms with E-state index in [1.807, 2.05) is 12.1 Å². The third kappa shape index (κ3) is 4.22. The van der Waals surface area contributed by atoms with E-state index in [1.54, 1.807) is 13.8 Å². The number of rotatable bonds is 5. The second-order valence-electron chi connectivity index (χ2n) is 7.13. The molecular formula is C20H19F3N6OS. The highest BCUT2D eigenvalue weighted by molar-refractivity contribution is 7.22. The molecule has 0 radical (unpaired) electrons. The van der Waals surface area contributed by atoms with Gasteiger partial charge in [0.25, 0.3) is 11.6 Å². The highest BCUT2D eigenvalue weighted by atomic mass is 32.1. The van der Waals surface area contributed by atoms with Crippen LogP contribution in [0.2, 0.25) is 0 Å². The second kappa shape index (κ2) is 7.88. The van der Waals surface area contributed by atoms with Crippen LogP contribution in [0.1, 0.15) is 41.7 Å². The molecule has 4 rings (SSSR count). The largest absolute Gasteiger partial charge is 0.453 e. The fourth-order valence-corrected chi connectivity index (χ4v) is 4.30. The van der Waals surface area contributed by atoms with Crippen molar-refractivity contribution in [3.05, 3.63) is 46.5 Å². The average molecular weight is 448 g/mol. The van der Waals surface area contributed by atoms with E-state index in [4.69, 9.17) is 0 Å². The topological polar surface area (TPSA) is 85.1 Å². The highest BCUT2D eigenvalue weighted by Crippen LogP contribution is 2.28. The van der Waals surface area contributed by atoms with Crippen LogP contribution in [-0.4, -0.2) is 30.5 Å². The van der Waals surface area contributed by atoms with Crippen molar-refractivity contribution >= 4 is 38.4 Å². The number of amides is 1. The summed E-state index contributed by atoms with van der Waals surface area (Å²) in [5.74, 6) is -1.58. The molecule has 0 aliphatic carbocycles. The fourth-order valence-electron chi connectivity index (χ4n) is 3.35. The van der Waals surface area contributed by atoms with E-state index >= 15 is 0 Å². The quantitative estimate of drug-likeness (QED) is 0.486. The number of halogens is 3. The van der Waals surface area contributed by atoms with Crippen LogP contribution in [0, 0.1) is 13.8 Å². The Morgan fingerprint density at radius 1 is 1.19 bits per heavy atom. The maximum absolute atomic E-state index is 12.9. The van der Waals surface area contributed by atoms with Gasteiger partial charge < -0.3 is 5.32 Å². The summed E-state index contributed by atoms with van der Waals surface area (Å²) >= 11 is 1.41. The fraction of sp³-hybridized carbons (Fsp3) is 0.350. The Morgan fingerprint density at radius 2 is 1.97 bits per heavy atom. The molecule has 0 atom stereocenters. The van der Waals surface area contributed by atoms with E-state index in [2.05, 4.69) is 38.4 Å². The van der Waals surface area contributed by atoms with Crippen LogP contribution < -0.4 is 5.32 Å². The number of benzene rings is 1. The first-order valence-corrected chi connectivity index (χ1v) is 10.5. The van der Waals surface area contributed by atoms with Gasteiger partial charge in [-0.1, -0.05) is 24.3 Å². The van der Waals surface area contributed by atoms with E-state index in [0.717, 1.165) is 21.2 Å². The summed E-state index contributed by atoms with van der Waals surface area (Å²) < 4.78 is 40.8. The standard InChI is InChI=1S/C20H19F3N6OS/c1-4-12-5-7-14-15(9-12)31-19(25-14)26-16(30)8-6-13-10(2)24-18-27-17(20(21,22)23)28-29(18)11(13)3/h5,7,9H,4,6,8H2,1-3H3,(H,25,26,30). The molecule has 0 bridgehead atoms. The first kappa shape index (κ1) is 21.2. The van der Waals surface area contributed by atoms with Gasteiger partial charge >= 0.3 is 6.18 Å². The molecule has 4 aromatic rings. The van der Waals surface area contributed by atoms with Crippen molar-refractivity contribution in [1.82, 2.24) is 24.6 Å². The predicted molar refractivity (Wildman–Crippen MR) is 111 cm³/mol. The van der Waals surface area contributed by atoms with Crippen molar-refractivity contribution in [3.63, 3.8) is 0 Å². The molecule has 7 nitrogen and oxygen atoms in total. The molecule has 0 saturated carbocycles. The minimum atomic E-state index is -4.65. The molecule has 0 aliphatic rings. The van der Waals surface area contributed by atoms with Crippen molar-refractivity contribution in [1.29, 1.82) is 0 Å². The zero-order valence-electron chi connectivity index (χ0n) is 17.0. The summed E-state index contributed by atoms with van der Waals surface area (Å²) in [7, 11) is 0. The zero-order chi connectivity index (χ0) is 22.3. The molecule has 1 amide bonds. The van der Waals surface area contributed by atoms with Crippen molar-refractivity contribution in [3.8, 4) is 0 Å². The summed E-state index contributed by atoms with van der Waals surface area (Å²) in [6.07, 6.45) is -3.30. The minimum Gasteiger partial charge on any atom is -0.302 e. The Balaban J connectivity index is 1.50. The van der Waals surface area contributed by atoms with Crippen LogP contribution in [0.15, 0.2) is 18.2 Å². The third-order valence-corrected chi connectivity index (χ3v) is 5.95. The van der Waals surface area contributed by atoms with Gasteiger partial charge in [0.2, 0.25) is 5.91 Å². The van der Waals surface area contributed by atoms with E-state index in [9.17, 15) is 18.0 Å². The first-order valence-electron chi connectivity index (χ1n) is 9.65. The Hall–Kier alpha value is -3.08. The number of anilines is 1. The average Bonchev–Trinajstić information content (AvgIpc) is 3.30. The second-order valence-corrected chi connectivity index (χ2v) is 8.16. The number of nitrogens with zero attached hydrogens (tertiary/aromatic N) is 5. The Bertz CT molecular complexity index is 1290. The van der Waals surface area contributed by atoms with Crippen LogP contribution in [-0.2, 0) is 23.8 Å². The van der Waals surface area contributed by atoms with Crippen LogP contribution in [0.4, 0.5) is 18.3 Å². The van der Waals surface area contributed by atoms with Crippen LogP contribution in [0.3, 0.4) is 0 Å². The molecule has 162 valence electrons. The molecular weight excluding hydrogens is 429 g/mol. The van der Waals surface area contributed by atoms with Gasteiger partial charge in [-0.05, 0) is 49.9 Å². The Kier molecular flexibility index (Phi) is 5.38. The lowest BCUT2D eigenvalue weighted by Crippen LogP contribution is -2.14. The van der Waals surface area contributed by atoms with E-state index in [0.29, 0.717) is 28.5 Å². The number of nitrogens with one attached hydrogen (secondary N) is 1. The van der Waals surface area contributed by atoms with Gasteiger partial charge in [-0.2, -0.15) is 18.2 Å². The van der Waals surface area contributed by atoms with Crippen molar-refractivity contribution < 1.29 is 18.0 Å². The number of hydrogen-bond acceptors (Lipinski definition) is 6. The van der Waals surface area contributed by atoms with Gasteiger partial charge in [-0.3, -0.25) is 4.79 Å². The smallest absolute Gasteiger partial charge is 0.302 e. The zero-order valence-corrected chi connectivity index (χ0v) is 17.9. The molecule has 0 saturated heterocycles. The van der Waals surface area contributed by atoms with Crippen molar-refractivity contribution in [2.75, 3.05) is 5.32 Å². The predicted octanol–water partition coefficient (Wildman–Crippen LogP) is 4.50. The molecule has 11 heteroatoms. The molecule has 1 N–H and O–H groups in total. The van der Waals surface area contributed by atoms with E-state index < -0.39 is 12.0 Å². The summed E-state index contributed by atoms with van der Waals surface area (Å²) in [4.78, 5) is 24.5. The van der Waals surface area contributed by atoms with Gasteiger partial charge in [0.05, 0.1) is 10.2 Å². The third-order valence-electron chi connectivity index (χ3n) is 5.01. The maximum Gasteiger partial charge on any atom is 0.453 e. The number of aromatic nitrogens is 5. The van der Waals surface area contributed by atoms with E-state index in [-0.39, 0.29) is 18.1 Å². The number of fused-ring (bicyclic) bond motifs is 2. The number of carbonyl (C=O) groups excluding carboxylic acids is 1. The summed E-state index contributed by atoms with van der Waals surface area (Å²) in [6, 6.07) is 6.00.